The Labute approximate surface area is 196 Å². The van der Waals surface area contributed by atoms with Crippen LogP contribution in [0.15, 0.2) is 53.4 Å². The third-order valence-electron chi connectivity index (χ3n) is 6.69. The van der Waals surface area contributed by atoms with Crippen LogP contribution in [0.25, 0.3) is 0 Å². The lowest BCUT2D eigenvalue weighted by molar-refractivity contribution is -0.0554. The molecule has 0 unspecified atom stereocenters. The van der Waals surface area contributed by atoms with E-state index in [-0.39, 0.29) is 36.0 Å². The number of benzene rings is 2. The minimum absolute atomic E-state index is 0.00377. The van der Waals surface area contributed by atoms with Gasteiger partial charge in [0, 0.05) is 43.1 Å². The normalized spacial score (nSPS) is 24.0. The average molecular weight is 471 g/mol. The molecule has 0 amide bonds. The molecule has 0 bridgehead atoms. The number of halogens is 1. The highest BCUT2D eigenvalue weighted by atomic mass is 32.2. The van der Waals surface area contributed by atoms with Gasteiger partial charge in [0.2, 0.25) is 10.0 Å². The van der Waals surface area contributed by atoms with Crippen molar-refractivity contribution in [3.05, 3.63) is 65.5 Å². The van der Waals surface area contributed by atoms with Crippen LogP contribution in [0.1, 0.15) is 49.7 Å². The molecule has 5 nitrogen and oxygen atoms in total. The molecule has 0 aromatic heterocycles. The van der Waals surface area contributed by atoms with Crippen LogP contribution in [0.4, 0.5) is 4.39 Å². The van der Waals surface area contributed by atoms with E-state index in [4.69, 9.17) is 0 Å². The summed E-state index contributed by atoms with van der Waals surface area (Å²) in [5.41, 5.74) is 2.02. The molecule has 0 aliphatic carbocycles. The minimum Gasteiger partial charge on any atom is -0.395 e. The first kappa shape index (κ1) is 23.9. The van der Waals surface area contributed by atoms with Crippen LogP contribution in [-0.2, 0) is 10.0 Å². The Kier molecular flexibility index (Phi) is 7.50. The maximum Gasteiger partial charge on any atom is 0.246 e. The molecule has 2 aromatic rings. The predicted octanol–water partition coefficient (Wildman–Crippen LogP) is 3.59. The summed E-state index contributed by atoms with van der Waals surface area (Å²) in [4.78, 5) is 1.93. The van der Waals surface area contributed by atoms with Gasteiger partial charge in [0.1, 0.15) is 10.7 Å². The van der Waals surface area contributed by atoms with Crippen molar-refractivity contribution in [3.63, 3.8) is 0 Å². The van der Waals surface area contributed by atoms with Crippen molar-refractivity contribution < 1.29 is 17.9 Å². The van der Waals surface area contributed by atoms with Crippen LogP contribution in [0.3, 0.4) is 0 Å². The number of rotatable bonds is 5. The predicted molar refractivity (Wildman–Crippen MR) is 127 cm³/mol. The SMILES string of the molecule is CCCC#Cc1ccc([C@H]2[C@@H](CO)N3CCCCN(S(=O)(=O)c4ccccc4F)C[C@@H]23)cc1. The van der Waals surface area contributed by atoms with E-state index in [1.807, 2.05) is 24.3 Å². The van der Waals surface area contributed by atoms with Gasteiger partial charge in [0.15, 0.2) is 0 Å². The highest BCUT2D eigenvalue weighted by Crippen LogP contribution is 2.42. The molecule has 2 heterocycles. The fourth-order valence-corrected chi connectivity index (χ4v) is 6.56. The molecule has 2 saturated heterocycles. The maximum atomic E-state index is 14.4. The molecular formula is C26H31FN2O3S. The first-order valence-electron chi connectivity index (χ1n) is 11.7. The summed E-state index contributed by atoms with van der Waals surface area (Å²) in [6.07, 6.45) is 3.41. The smallest absolute Gasteiger partial charge is 0.246 e. The first-order chi connectivity index (χ1) is 16.0. The van der Waals surface area contributed by atoms with Crippen LogP contribution >= 0.6 is 0 Å². The zero-order chi connectivity index (χ0) is 23.4. The van der Waals surface area contributed by atoms with Gasteiger partial charge in [-0.25, -0.2) is 12.8 Å². The quantitative estimate of drug-likeness (QED) is 0.679. The Balaban J connectivity index is 1.60. The van der Waals surface area contributed by atoms with Gasteiger partial charge >= 0.3 is 0 Å². The van der Waals surface area contributed by atoms with E-state index < -0.39 is 15.8 Å². The molecule has 0 saturated carbocycles. The molecule has 3 atom stereocenters. The molecule has 0 radical (unpaired) electrons. The molecule has 1 N–H and O–H groups in total. The van der Waals surface area contributed by atoms with Crippen molar-refractivity contribution in [3.8, 4) is 11.8 Å². The number of unbranched alkanes of at least 4 members (excludes halogenated alkanes) is 1. The average Bonchev–Trinajstić information content (AvgIpc) is 2.79. The lowest BCUT2D eigenvalue weighted by atomic mass is 9.74. The summed E-state index contributed by atoms with van der Waals surface area (Å²) in [6.45, 7) is 3.57. The number of sulfonamides is 1. The second kappa shape index (κ2) is 10.4. The standard InChI is InChI=1S/C26H31FN2O3S/c1-2-3-4-9-20-12-14-21(15-13-20)26-23-18-28(16-7-8-17-29(23)24(26)19-30)33(31,32)25-11-6-5-10-22(25)27/h5-6,10-15,23-24,26,30H,2-3,7-8,16-19H2,1H3/t23-,24+,26+/m0/s1. The molecule has 4 rings (SSSR count). The number of aliphatic hydroxyl groups is 1. The molecule has 7 heteroatoms. The van der Waals surface area contributed by atoms with Gasteiger partial charge < -0.3 is 5.11 Å². The number of fused-ring (bicyclic) bond motifs is 1. The fourth-order valence-electron chi connectivity index (χ4n) is 5.00. The van der Waals surface area contributed by atoms with Crippen LogP contribution in [-0.4, -0.2) is 61.1 Å². The van der Waals surface area contributed by atoms with E-state index in [0.717, 1.165) is 36.9 Å². The van der Waals surface area contributed by atoms with Gasteiger partial charge in [-0.2, -0.15) is 4.31 Å². The van der Waals surface area contributed by atoms with Crippen LogP contribution < -0.4 is 0 Å². The fraction of sp³-hybridized carbons (Fsp3) is 0.462. The van der Waals surface area contributed by atoms with Crippen molar-refractivity contribution in [2.45, 2.75) is 55.5 Å². The molecule has 2 aromatic carbocycles. The highest BCUT2D eigenvalue weighted by Gasteiger charge is 2.50. The summed E-state index contributed by atoms with van der Waals surface area (Å²) in [6, 6.07) is 13.5. The second-order valence-corrected chi connectivity index (χ2v) is 10.7. The molecule has 0 spiro atoms. The van der Waals surface area contributed by atoms with Crippen LogP contribution in [0, 0.1) is 17.7 Å². The largest absolute Gasteiger partial charge is 0.395 e. The van der Waals surface area contributed by atoms with E-state index in [9.17, 15) is 17.9 Å². The van der Waals surface area contributed by atoms with E-state index in [2.05, 4.69) is 23.7 Å². The monoisotopic (exact) mass is 470 g/mol. The topological polar surface area (TPSA) is 60.9 Å². The zero-order valence-corrected chi connectivity index (χ0v) is 19.8. The lowest BCUT2D eigenvalue weighted by Crippen LogP contribution is -2.67. The van der Waals surface area contributed by atoms with Gasteiger partial charge in [0.05, 0.1) is 6.61 Å². The van der Waals surface area contributed by atoms with Gasteiger partial charge in [-0.3, -0.25) is 4.90 Å². The molecular weight excluding hydrogens is 439 g/mol. The number of hydrogen-bond acceptors (Lipinski definition) is 4. The van der Waals surface area contributed by atoms with Crippen molar-refractivity contribution in [2.75, 3.05) is 26.2 Å². The van der Waals surface area contributed by atoms with Crippen molar-refractivity contribution in [2.24, 2.45) is 0 Å². The third kappa shape index (κ3) is 4.85. The number of aliphatic hydroxyl groups excluding tert-OH is 1. The summed E-state index contributed by atoms with van der Waals surface area (Å²) in [5.74, 6) is 5.59. The molecule has 33 heavy (non-hydrogen) atoms. The van der Waals surface area contributed by atoms with Crippen molar-refractivity contribution in [1.29, 1.82) is 0 Å². The molecule has 2 aliphatic rings. The highest BCUT2D eigenvalue weighted by molar-refractivity contribution is 7.89. The van der Waals surface area contributed by atoms with E-state index in [0.29, 0.717) is 13.0 Å². The van der Waals surface area contributed by atoms with E-state index >= 15 is 0 Å². The van der Waals surface area contributed by atoms with Gasteiger partial charge in [-0.1, -0.05) is 43.0 Å². The summed E-state index contributed by atoms with van der Waals surface area (Å²) < 4.78 is 42.4. The summed E-state index contributed by atoms with van der Waals surface area (Å²) in [5, 5.41) is 10.1. The van der Waals surface area contributed by atoms with E-state index in [1.165, 1.54) is 22.5 Å². The van der Waals surface area contributed by atoms with Crippen molar-refractivity contribution >= 4 is 10.0 Å². The lowest BCUT2D eigenvalue weighted by Gasteiger charge is -2.57. The van der Waals surface area contributed by atoms with Gasteiger partial charge in [0.25, 0.3) is 0 Å². The van der Waals surface area contributed by atoms with Crippen LogP contribution in [0.2, 0.25) is 0 Å². The molecule has 2 fully saturated rings. The van der Waals surface area contributed by atoms with Crippen LogP contribution in [0.5, 0.6) is 0 Å². The number of nitrogens with zero attached hydrogens (tertiary/aromatic N) is 2. The Morgan fingerprint density at radius 1 is 1.09 bits per heavy atom. The van der Waals surface area contributed by atoms with Gasteiger partial charge in [-0.15, -0.1) is 0 Å². The Morgan fingerprint density at radius 2 is 1.82 bits per heavy atom. The van der Waals surface area contributed by atoms with Gasteiger partial charge in [-0.05, 0) is 55.6 Å². The van der Waals surface area contributed by atoms with E-state index in [1.54, 1.807) is 6.07 Å². The maximum absolute atomic E-state index is 14.4. The van der Waals surface area contributed by atoms with Crippen molar-refractivity contribution in [1.82, 2.24) is 9.21 Å². The third-order valence-corrected chi connectivity index (χ3v) is 8.59. The first-order valence-corrected chi connectivity index (χ1v) is 13.1. The Bertz CT molecular complexity index is 1120. The molecule has 2 aliphatic heterocycles. The zero-order valence-electron chi connectivity index (χ0n) is 19.0. The number of hydrogen-bond donors (Lipinski definition) is 1. The Morgan fingerprint density at radius 3 is 2.52 bits per heavy atom. The summed E-state index contributed by atoms with van der Waals surface area (Å²) >= 11 is 0. The Hall–Kier alpha value is -2.24. The summed E-state index contributed by atoms with van der Waals surface area (Å²) in [7, 11) is -3.95. The second-order valence-electron chi connectivity index (χ2n) is 8.76. The minimum atomic E-state index is -3.95. The molecule has 176 valence electrons.